The average molecular weight is 681 g/mol. The Bertz CT molecular complexity index is 1990. The summed E-state index contributed by atoms with van der Waals surface area (Å²) in [6.45, 7) is 13.0. The zero-order valence-corrected chi connectivity index (χ0v) is 29.9. The number of ether oxygens (including phenoxy) is 1. The summed E-state index contributed by atoms with van der Waals surface area (Å²) >= 11 is 7.22. The Morgan fingerprint density at radius 1 is 0.980 bits per heavy atom. The molecule has 9 heteroatoms. The van der Waals surface area contributed by atoms with Crippen molar-refractivity contribution in [3.63, 3.8) is 0 Å². The number of carbonyl (C=O) groups is 1. The number of anilines is 1. The number of carboxylic acid groups (broad SMARTS) is 1. The van der Waals surface area contributed by atoms with Crippen LogP contribution in [-0.4, -0.2) is 56.1 Å². The van der Waals surface area contributed by atoms with Crippen LogP contribution in [0.3, 0.4) is 0 Å². The molecule has 8 nitrogen and oxygen atoms in total. The number of rotatable bonds is 2. The lowest BCUT2D eigenvalue weighted by Crippen LogP contribution is -2.33. The van der Waals surface area contributed by atoms with Gasteiger partial charge in [-0.05, 0) is 75.4 Å². The number of allylic oxidation sites excluding steroid dienone is 1. The van der Waals surface area contributed by atoms with Gasteiger partial charge in [0.15, 0.2) is 5.65 Å². The molecule has 3 aromatic carbocycles. The maximum absolute atomic E-state index is 12.0. The number of carboxylic acids is 1. The fourth-order valence-electron chi connectivity index (χ4n) is 5.97. The third kappa shape index (κ3) is 8.32. The Labute approximate surface area is 293 Å². The van der Waals surface area contributed by atoms with Crippen molar-refractivity contribution in [1.82, 2.24) is 14.6 Å². The van der Waals surface area contributed by atoms with E-state index in [1.807, 2.05) is 51.1 Å². The van der Waals surface area contributed by atoms with E-state index in [2.05, 4.69) is 53.5 Å². The molecular weight excluding hydrogens is 636 g/mol. The summed E-state index contributed by atoms with van der Waals surface area (Å²) in [6.07, 6.45) is 6.07. The van der Waals surface area contributed by atoms with Crippen LogP contribution in [0.5, 0.6) is 5.75 Å². The van der Waals surface area contributed by atoms with E-state index < -0.39 is 11.6 Å². The minimum Gasteiger partial charge on any atom is -0.490 e. The second-order valence-electron chi connectivity index (χ2n) is 12.9. The molecule has 2 N–H and O–H groups in total. The number of hydrogen-bond acceptors (Lipinski definition) is 6. The van der Waals surface area contributed by atoms with E-state index in [4.69, 9.17) is 31.5 Å². The van der Waals surface area contributed by atoms with Crippen LogP contribution >= 0.6 is 11.6 Å². The molecule has 2 aliphatic rings. The van der Waals surface area contributed by atoms with Crippen LogP contribution in [0.15, 0.2) is 78.9 Å². The van der Waals surface area contributed by atoms with E-state index in [1.54, 1.807) is 25.3 Å². The lowest BCUT2D eigenvalue weighted by molar-refractivity contribution is -0.136. The molecular formula is C40H45ClN4O4. The number of hydrogen-bond donors (Lipinski definition) is 2. The van der Waals surface area contributed by atoms with Gasteiger partial charge in [-0.1, -0.05) is 80.1 Å². The average Bonchev–Trinajstić information content (AvgIpc) is 3.49. The number of halogens is 1. The maximum Gasteiger partial charge on any atom is 0.307 e. The second-order valence-corrected chi connectivity index (χ2v) is 13.3. The summed E-state index contributed by atoms with van der Waals surface area (Å²) in [7, 11) is 0. The van der Waals surface area contributed by atoms with Crippen LogP contribution in [-0.2, 0) is 17.6 Å². The van der Waals surface area contributed by atoms with Crippen molar-refractivity contribution in [3.05, 3.63) is 101 Å². The van der Waals surface area contributed by atoms with Gasteiger partial charge in [0.05, 0.1) is 40.7 Å². The summed E-state index contributed by atoms with van der Waals surface area (Å²) < 4.78 is 7.74. The van der Waals surface area contributed by atoms with Gasteiger partial charge in [0.2, 0.25) is 0 Å². The number of aryl methyl sites for hydroxylation is 2. The molecule has 0 radical (unpaired) electrons. The zero-order chi connectivity index (χ0) is 35.3. The molecule has 256 valence electrons. The first kappa shape index (κ1) is 35.6. The quantitative estimate of drug-likeness (QED) is 0.180. The molecule has 5 aromatic rings. The van der Waals surface area contributed by atoms with Crippen molar-refractivity contribution in [2.24, 2.45) is 0 Å². The van der Waals surface area contributed by atoms with Gasteiger partial charge in [0, 0.05) is 35.0 Å². The smallest absolute Gasteiger partial charge is 0.307 e. The summed E-state index contributed by atoms with van der Waals surface area (Å²) in [5.74, 6) is -0.233. The topological polar surface area (TPSA) is 100 Å². The minimum atomic E-state index is -0.947. The van der Waals surface area contributed by atoms with E-state index in [9.17, 15) is 9.90 Å². The number of aliphatic carboxylic acids is 1. The van der Waals surface area contributed by atoms with Crippen LogP contribution < -0.4 is 9.64 Å². The van der Waals surface area contributed by atoms with E-state index >= 15 is 0 Å². The molecule has 8 bridgehead atoms. The van der Waals surface area contributed by atoms with Gasteiger partial charge in [-0.25, -0.2) is 9.50 Å². The van der Waals surface area contributed by atoms with Gasteiger partial charge in [0.25, 0.3) is 0 Å². The highest BCUT2D eigenvalue weighted by molar-refractivity contribution is 6.36. The molecule has 0 atom stereocenters. The molecule has 0 saturated carbocycles. The number of fused-ring (bicyclic) bond motifs is 9. The van der Waals surface area contributed by atoms with Crippen molar-refractivity contribution in [1.29, 1.82) is 0 Å². The van der Waals surface area contributed by atoms with Gasteiger partial charge in [-0.15, -0.1) is 0 Å². The molecule has 0 aliphatic carbocycles. The minimum absolute atomic E-state index is 0.207. The third-order valence-corrected chi connectivity index (χ3v) is 8.40. The Balaban J connectivity index is 0.000000616. The molecule has 4 heterocycles. The van der Waals surface area contributed by atoms with E-state index in [-0.39, 0.29) is 6.42 Å². The largest absolute Gasteiger partial charge is 0.490 e. The monoisotopic (exact) mass is 680 g/mol. The van der Waals surface area contributed by atoms with Crippen LogP contribution in [0.2, 0.25) is 5.02 Å². The highest BCUT2D eigenvalue weighted by atomic mass is 35.5. The first-order valence-corrected chi connectivity index (χ1v) is 17.2. The highest BCUT2D eigenvalue weighted by Crippen LogP contribution is 2.45. The van der Waals surface area contributed by atoms with E-state index in [0.717, 1.165) is 40.9 Å². The lowest BCUT2D eigenvalue weighted by atomic mass is 9.98. The molecule has 0 fully saturated rings. The molecule has 7 rings (SSSR count). The molecule has 0 saturated heterocycles. The van der Waals surface area contributed by atoms with Crippen molar-refractivity contribution in [3.8, 4) is 39.4 Å². The Kier molecular flexibility index (Phi) is 11.1. The highest BCUT2D eigenvalue weighted by Gasteiger charge is 2.27. The summed E-state index contributed by atoms with van der Waals surface area (Å²) in [6, 6.07) is 22.8. The van der Waals surface area contributed by atoms with Crippen molar-refractivity contribution in [2.45, 2.75) is 66.4 Å². The van der Waals surface area contributed by atoms with Crippen molar-refractivity contribution < 1.29 is 19.7 Å². The van der Waals surface area contributed by atoms with Gasteiger partial charge >= 0.3 is 5.97 Å². The van der Waals surface area contributed by atoms with Crippen molar-refractivity contribution in [2.75, 3.05) is 24.6 Å². The fraction of sp³-hybridized carbons (Fsp3) is 0.325. The molecule has 49 heavy (non-hydrogen) atoms. The fourth-order valence-corrected chi connectivity index (χ4v) is 6.33. The first-order valence-electron chi connectivity index (χ1n) is 16.8. The normalized spacial score (nSPS) is 14.2. The standard InChI is InChI=1S/C34H29ClN4O3.C4H10O.C2H6/c1-21-27(19-31(40)41)33-26-12-13-29-34(32(26)35)38(15-16-42-29)14-4-2-3-7-22-8-5-9-23(17-22)24-10-6-11-25(18-24)28-20-30(36-21)39(33)37-28;1-4(2,3)5;1-2/h2,4-6,8-13,17-18,20H,3,7,14-16,19H2,1H3,(H,40,41);5H,1-3H3;1-2H3/b4-2-;;. The Morgan fingerprint density at radius 2 is 1.67 bits per heavy atom. The van der Waals surface area contributed by atoms with Crippen LogP contribution in [0.4, 0.5) is 5.69 Å². The predicted octanol–water partition coefficient (Wildman–Crippen LogP) is 8.82. The number of benzene rings is 3. The number of aromatic nitrogens is 3. The molecule has 2 aliphatic heterocycles. The van der Waals surface area contributed by atoms with Crippen LogP contribution in [0, 0.1) is 6.92 Å². The zero-order valence-electron chi connectivity index (χ0n) is 29.1. The predicted molar refractivity (Wildman–Crippen MR) is 199 cm³/mol. The third-order valence-electron chi connectivity index (χ3n) is 8.02. The van der Waals surface area contributed by atoms with Gasteiger partial charge < -0.3 is 19.8 Å². The molecule has 0 spiro atoms. The molecule has 0 unspecified atom stereocenters. The van der Waals surface area contributed by atoms with Gasteiger partial charge in [-0.2, -0.15) is 5.10 Å². The summed E-state index contributed by atoms with van der Waals surface area (Å²) in [5.41, 5.74) is 8.69. The molecule has 0 amide bonds. The Morgan fingerprint density at radius 3 is 2.41 bits per heavy atom. The van der Waals surface area contributed by atoms with Crippen LogP contribution in [0.25, 0.3) is 39.3 Å². The summed E-state index contributed by atoms with van der Waals surface area (Å²) in [5, 5.41) is 23.9. The van der Waals surface area contributed by atoms with E-state index in [0.29, 0.717) is 58.6 Å². The SMILES string of the molecule is CC.CC(C)(C)O.Cc1nc2cc3nn2c(c1CC(=O)O)-c1ccc2c(c1Cl)N(C/C=C\CCc1cccc(c1)-c1cccc-3c1)CCO2. The number of aliphatic hydroxyl groups is 1. The van der Waals surface area contributed by atoms with Gasteiger partial charge in [0.1, 0.15) is 12.4 Å². The van der Waals surface area contributed by atoms with Gasteiger partial charge in [-0.3, -0.25) is 4.79 Å². The Hall–Kier alpha value is -4.66. The first-order chi connectivity index (χ1) is 23.5. The summed E-state index contributed by atoms with van der Waals surface area (Å²) in [4.78, 5) is 19.0. The van der Waals surface area contributed by atoms with E-state index in [1.165, 1.54) is 5.56 Å². The molecule has 2 aromatic heterocycles. The second kappa shape index (κ2) is 15.3. The maximum atomic E-state index is 12.0. The number of nitrogens with zero attached hydrogens (tertiary/aromatic N) is 4. The van der Waals surface area contributed by atoms with Crippen molar-refractivity contribution >= 4 is 28.9 Å². The lowest BCUT2D eigenvalue weighted by Gasteiger charge is -2.32. The van der Waals surface area contributed by atoms with Crippen LogP contribution in [0.1, 0.15) is 57.9 Å².